The van der Waals surface area contributed by atoms with Crippen LogP contribution in [0.4, 0.5) is 5.69 Å². The van der Waals surface area contributed by atoms with Gasteiger partial charge in [0.15, 0.2) is 5.96 Å². The lowest BCUT2D eigenvalue weighted by atomic mass is 10.2. The Hall–Kier alpha value is -1.60. The number of rotatable bonds is 4. The van der Waals surface area contributed by atoms with Gasteiger partial charge >= 0.3 is 0 Å². The minimum absolute atomic E-state index is 0.0658. The number of carbonyl (C=O) groups excluding carboxylic acids is 1. The third kappa shape index (κ3) is 4.99. The molecule has 1 saturated heterocycles. The molecule has 6 nitrogen and oxygen atoms in total. The number of guanidine groups is 1. The van der Waals surface area contributed by atoms with Gasteiger partial charge in [0, 0.05) is 29.7 Å². The van der Waals surface area contributed by atoms with Gasteiger partial charge in [-0.15, -0.1) is 0 Å². The molecule has 0 radical (unpaired) electrons. The largest absolute Gasteiger partial charge is 0.378 e. The van der Waals surface area contributed by atoms with E-state index in [1.807, 2.05) is 30.0 Å². The quantitative estimate of drug-likeness (QED) is 0.626. The molecular weight excluding hydrogens is 348 g/mol. The minimum atomic E-state index is -0.0658. The predicted molar refractivity (Wildman–Crippen MR) is 91.0 cm³/mol. The number of hydrogen-bond donors (Lipinski definition) is 2. The van der Waals surface area contributed by atoms with Crippen LogP contribution in [0, 0.1) is 6.92 Å². The van der Waals surface area contributed by atoms with E-state index in [4.69, 9.17) is 10.5 Å². The van der Waals surface area contributed by atoms with Crippen LogP contribution in [0.5, 0.6) is 0 Å². The summed E-state index contributed by atoms with van der Waals surface area (Å²) in [5.74, 6) is 0.417. The number of morpholine rings is 1. The summed E-state index contributed by atoms with van der Waals surface area (Å²) in [7, 11) is 0. The van der Waals surface area contributed by atoms with Crippen LogP contribution < -0.4 is 11.1 Å². The second kappa shape index (κ2) is 8.14. The monoisotopic (exact) mass is 368 g/mol. The number of aryl methyl sites for hydroxylation is 1. The number of nitrogens with one attached hydrogen (secondary N) is 1. The van der Waals surface area contributed by atoms with Crippen LogP contribution in [0.25, 0.3) is 0 Å². The summed E-state index contributed by atoms with van der Waals surface area (Å²) in [6, 6.07) is 5.74. The zero-order valence-corrected chi connectivity index (χ0v) is 14.2. The van der Waals surface area contributed by atoms with E-state index in [1.54, 1.807) is 0 Å². The van der Waals surface area contributed by atoms with Crippen molar-refractivity contribution in [1.82, 2.24) is 4.90 Å². The van der Waals surface area contributed by atoms with Crippen LogP contribution in [0.2, 0.25) is 0 Å². The van der Waals surface area contributed by atoms with E-state index in [1.165, 1.54) is 0 Å². The van der Waals surface area contributed by atoms with Gasteiger partial charge in [-0.1, -0.05) is 15.9 Å². The highest BCUT2D eigenvalue weighted by Crippen LogP contribution is 2.20. The average molecular weight is 369 g/mol. The normalized spacial score (nSPS) is 15.7. The smallest absolute Gasteiger partial charge is 0.226 e. The molecule has 1 aromatic carbocycles. The molecule has 1 fully saturated rings. The van der Waals surface area contributed by atoms with Crippen molar-refractivity contribution in [3.05, 3.63) is 28.2 Å². The zero-order valence-electron chi connectivity index (χ0n) is 12.6. The number of halogens is 1. The van der Waals surface area contributed by atoms with Gasteiger partial charge in [0.05, 0.1) is 19.8 Å². The maximum absolute atomic E-state index is 11.9. The van der Waals surface area contributed by atoms with Gasteiger partial charge in [0.1, 0.15) is 0 Å². The second-order valence-corrected chi connectivity index (χ2v) is 6.01. The molecule has 1 aliphatic heterocycles. The molecule has 0 bridgehead atoms. The first-order valence-corrected chi connectivity index (χ1v) is 8.04. The molecule has 0 unspecified atom stereocenters. The molecule has 1 amide bonds. The van der Waals surface area contributed by atoms with E-state index in [-0.39, 0.29) is 5.91 Å². The number of carbonyl (C=O) groups is 1. The van der Waals surface area contributed by atoms with Crippen LogP contribution in [0.1, 0.15) is 12.0 Å². The Kier molecular flexibility index (Phi) is 6.21. The second-order valence-electron chi connectivity index (χ2n) is 5.10. The number of benzene rings is 1. The third-order valence-electron chi connectivity index (χ3n) is 3.41. The fraction of sp³-hybridized carbons (Fsp3) is 0.467. The summed E-state index contributed by atoms with van der Waals surface area (Å²) < 4.78 is 6.25. The van der Waals surface area contributed by atoms with Gasteiger partial charge in [-0.3, -0.25) is 9.79 Å². The van der Waals surface area contributed by atoms with Crippen LogP contribution in [0.15, 0.2) is 27.7 Å². The molecule has 0 aliphatic carbocycles. The van der Waals surface area contributed by atoms with E-state index in [2.05, 4.69) is 26.2 Å². The number of nitrogens with zero attached hydrogens (tertiary/aromatic N) is 2. The first-order chi connectivity index (χ1) is 10.6. The van der Waals surface area contributed by atoms with Gasteiger partial charge in [-0.25, -0.2) is 0 Å². The zero-order chi connectivity index (χ0) is 15.9. The van der Waals surface area contributed by atoms with Crippen molar-refractivity contribution < 1.29 is 9.53 Å². The van der Waals surface area contributed by atoms with E-state index < -0.39 is 0 Å². The number of hydrogen-bond acceptors (Lipinski definition) is 3. The summed E-state index contributed by atoms with van der Waals surface area (Å²) in [6.07, 6.45) is 0.306. The number of amides is 1. The summed E-state index contributed by atoms with van der Waals surface area (Å²) in [5.41, 5.74) is 7.74. The topological polar surface area (TPSA) is 80.0 Å². The molecular formula is C15H21BrN4O2. The van der Waals surface area contributed by atoms with Crippen molar-refractivity contribution in [2.75, 3.05) is 38.2 Å². The molecule has 1 aromatic rings. The van der Waals surface area contributed by atoms with Crippen LogP contribution in [0.3, 0.4) is 0 Å². The van der Waals surface area contributed by atoms with Crippen molar-refractivity contribution in [2.45, 2.75) is 13.3 Å². The van der Waals surface area contributed by atoms with Gasteiger partial charge in [0.25, 0.3) is 0 Å². The minimum Gasteiger partial charge on any atom is -0.378 e. The fourth-order valence-electron chi connectivity index (χ4n) is 2.14. The van der Waals surface area contributed by atoms with Gasteiger partial charge < -0.3 is 20.7 Å². The molecule has 3 N–H and O–H groups in total. The maximum Gasteiger partial charge on any atom is 0.226 e. The average Bonchev–Trinajstić information content (AvgIpc) is 2.51. The molecule has 0 aromatic heterocycles. The Bertz CT molecular complexity index is 556. The Morgan fingerprint density at radius 3 is 2.86 bits per heavy atom. The number of anilines is 1. The van der Waals surface area contributed by atoms with Crippen molar-refractivity contribution >= 4 is 33.5 Å². The van der Waals surface area contributed by atoms with Crippen molar-refractivity contribution in [3.63, 3.8) is 0 Å². The van der Waals surface area contributed by atoms with Crippen LogP contribution in [-0.2, 0) is 9.53 Å². The molecule has 1 aliphatic rings. The van der Waals surface area contributed by atoms with Crippen LogP contribution in [-0.4, -0.2) is 49.6 Å². The molecule has 0 saturated carbocycles. The van der Waals surface area contributed by atoms with E-state index in [9.17, 15) is 4.79 Å². The number of aliphatic imine (C=N–C) groups is 1. The third-order valence-corrected chi connectivity index (χ3v) is 3.90. The summed E-state index contributed by atoms with van der Waals surface area (Å²) >= 11 is 3.40. The summed E-state index contributed by atoms with van der Waals surface area (Å²) in [4.78, 5) is 18.2. The Morgan fingerprint density at radius 1 is 1.45 bits per heavy atom. The highest BCUT2D eigenvalue weighted by molar-refractivity contribution is 9.10. The maximum atomic E-state index is 11.9. The molecule has 7 heteroatoms. The standard InChI is InChI=1S/C15H21BrN4O2/c1-11-10-12(16)2-3-13(11)19-14(21)4-5-18-15(17)20-6-8-22-9-7-20/h2-3,10H,4-9H2,1H3,(H2,17,18)(H,19,21). The first kappa shape index (κ1) is 16.8. The molecule has 120 valence electrons. The van der Waals surface area contributed by atoms with E-state index in [0.717, 1.165) is 28.8 Å². The molecule has 1 heterocycles. The molecule has 0 spiro atoms. The van der Waals surface area contributed by atoms with Crippen molar-refractivity contribution in [1.29, 1.82) is 0 Å². The Morgan fingerprint density at radius 2 is 2.18 bits per heavy atom. The Balaban J connectivity index is 1.79. The van der Waals surface area contributed by atoms with Gasteiger partial charge in [-0.2, -0.15) is 0 Å². The van der Waals surface area contributed by atoms with Gasteiger partial charge in [0.2, 0.25) is 5.91 Å². The van der Waals surface area contributed by atoms with E-state index >= 15 is 0 Å². The number of ether oxygens (including phenoxy) is 1. The lowest BCUT2D eigenvalue weighted by molar-refractivity contribution is -0.116. The lowest BCUT2D eigenvalue weighted by Crippen LogP contribution is -2.44. The molecule has 22 heavy (non-hydrogen) atoms. The predicted octanol–water partition coefficient (Wildman–Crippen LogP) is 1.73. The Labute approximate surface area is 138 Å². The van der Waals surface area contributed by atoms with Crippen molar-refractivity contribution in [3.8, 4) is 0 Å². The fourth-order valence-corrected chi connectivity index (χ4v) is 2.62. The van der Waals surface area contributed by atoms with E-state index in [0.29, 0.717) is 32.1 Å². The molecule has 2 rings (SSSR count). The number of nitrogens with two attached hydrogens (primary N) is 1. The summed E-state index contributed by atoms with van der Waals surface area (Å²) in [5, 5.41) is 2.89. The first-order valence-electron chi connectivity index (χ1n) is 7.25. The summed E-state index contributed by atoms with van der Waals surface area (Å²) in [6.45, 7) is 5.16. The van der Waals surface area contributed by atoms with Gasteiger partial charge in [-0.05, 0) is 30.7 Å². The van der Waals surface area contributed by atoms with Crippen LogP contribution >= 0.6 is 15.9 Å². The highest BCUT2D eigenvalue weighted by Gasteiger charge is 2.12. The van der Waals surface area contributed by atoms with Crippen molar-refractivity contribution in [2.24, 2.45) is 10.7 Å². The SMILES string of the molecule is Cc1cc(Br)ccc1NC(=O)CCN=C(N)N1CCOCC1. The highest BCUT2D eigenvalue weighted by atomic mass is 79.9. The molecule has 0 atom stereocenters. The lowest BCUT2D eigenvalue weighted by Gasteiger charge is -2.27.